The van der Waals surface area contributed by atoms with Gasteiger partial charge >= 0.3 is 5.97 Å². The van der Waals surface area contributed by atoms with Gasteiger partial charge in [0.25, 0.3) is 0 Å². The predicted molar refractivity (Wildman–Crippen MR) is 109 cm³/mol. The van der Waals surface area contributed by atoms with Crippen molar-refractivity contribution in [3.63, 3.8) is 0 Å². The minimum absolute atomic E-state index is 0.0591. The molecule has 0 aromatic heterocycles. The van der Waals surface area contributed by atoms with Crippen LogP contribution in [0.2, 0.25) is 0 Å². The van der Waals surface area contributed by atoms with Crippen LogP contribution in [0.15, 0.2) is 0 Å². The van der Waals surface area contributed by atoms with E-state index in [-0.39, 0.29) is 29.5 Å². The van der Waals surface area contributed by atoms with Crippen LogP contribution in [0.4, 0.5) is 0 Å². The predicted octanol–water partition coefficient (Wildman–Crippen LogP) is 4.48. The lowest BCUT2D eigenvalue weighted by Crippen LogP contribution is -2.58. The van der Waals surface area contributed by atoms with Crippen molar-refractivity contribution in [1.29, 1.82) is 0 Å². The minimum atomic E-state index is -0.707. The number of carboxylic acids is 1. The van der Waals surface area contributed by atoms with Crippen LogP contribution >= 0.6 is 0 Å². The normalized spacial score (nSPS) is 51.7. The van der Waals surface area contributed by atoms with Crippen molar-refractivity contribution in [1.82, 2.24) is 0 Å². The lowest BCUT2D eigenvalue weighted by atomic mass is 9.43. The van der Waals surface area contributed by atoms with Crippen molar-refractivity contribution in [3.05, 3.63) is 0 Å². The van der Waals surface area contributed by atoms with Crippen LogP contribution in [-0.2, 0) is 4.79 Å². The smallest absolute Gasteiger partial charge is 0.303 e. The number of hydrogen-bond acceptors (Lipinski definition) is 3. The molecular weight excluding hydrogens is 352 g/mol. The number of carbonyl (C=O) groups is 1. The van der Waals surface area contributed by atoms with Gasteiger partial charge in [0.15, 0.2) is 0 Å². The van der Waals surface area contributed by atoms with Crippen LogP contribution in [0.5, 0.6) is 0 Å². The Morgan fingerprint density at radius 3 is 2.50 bits per heavy atom. The number of carboxylic acid groups (broad SMARTS) is 1. The monoisotopic (exact) mass is 392 g/mol. The highest BCUT2D eigenvalue weighted by molar-refractivity contribution is 5.66. The second-order valence-electron chi connectivity index (χ2n) is 11.3. The molecule has 0 spiro atoms. The molecule has 4 saturated carbocycles. The van der Waals surface area contributed by atoms with Gasteiger partial charge in [-0.3, -0.25) is 4.79 Å². The summed E-state index contributed by atoms with van der Waals surface area (Å²) < 4.78 is 0. The Kier molecular flexibility index (Phi) is 5.36. The molecule has 4 nitrogen and oxygen atoms in total. The van der Waals surface area contributed by atoms with Crippen molar-refractivity contribution in [2.75, 3.05) is 0 Å². The maximum Gasteiger partial charge on any atom is 0.303 e. The molecule has 0 unspecified atom stereocenters. The largest absolute Gasteiger partial charge is 0.481 e. The second-order valence-corrected chi connectivity index (χ2v) is 11.3. The van der Waals surface area contributed by atoms with E-state index in [1.807, 2.05) is 0 Å². The van der Waals surface area contributed by atoms with E-state index >= 15 is 0 Å². The SMILES string of the molecule is C[C@H](CCC(=O)O)[C@H]1CC[C@H]2[C@@H]3CC[C@@H]4C[C@H](O)CC[C@]4(C)[C@H]3C[C@@H](O)[C@]12C. The summed E-state index contributed by atoms with van der Waals surface area (Å²) in [6.45, 7) is 6.99. The Hall–Kier alpha value is -0.610. The Morgan fingerprint density at radius 1 is 1.04 bits per heavy atom. The van der Waals surface area contributed by atoms with Crippen molar-refractivity contribution in [3.8, 4) is 0 Å². The number of aliphatic carboxylic acids is 1. The van der Waals surface area contributed by atoms with Gasteiger partial charge in [-0.05, 0) is 104 Å². The molecule has 28 heavy (non-hydrogen) atoms. The Labute approximate surface area is 170 Å². The first-order valence-corrected chi connectivity index (χ1v) is 11.8. The summed E-state index contributed by atoms with van der Waals surface area (Å²) in [5.41, 5.74) is 0.216. The number of fused-ring (bicyclic) bond motifs is 5. The summed E-state index contributed by atoms with van der Waals surface area (Å²) in [5.74, 6) is 2.55. The molecule has 0 radical (unpaired) electrons. The van der Waals surface area contributed by atoms with Gasteiger partial charge in [0.2, 0.25) is 0 Å². The fourth-order valence-corrected chi connectivity index (χ4v) is 8.71. The van der Waals surface area contributed by atoms with E-state index in [1.54, 1.807) is 0 Å². The number of aliphatic hydroxyl groups is 2. The molecule has 4 aliphatic rings. The Morgan fingerprint density at radius 2 is 1.79 bits per heavy atom. The molecule has 0 amide bonds. The van der Waals surface area contributed by atoms with Gasteiger partial charge in [-0.2, -0.15) is 0 Å². The van der Waals surface area contributed by atoms with Gasteiger partial charge in [0.05, 0.1) is 12.2 Å². The summed E-state index contributed by atoms with van der Waals surface area (Å²) in [5, 5.41) is 30.8. The molecule has 3 N–H and O–H groups in total. The molecule has 4 aliphatic carbocycles. The van der Waals surface area contributed by atoms with Crippen molar-refractivity contribution < 1.29 is 20.1 Å². The van der Waals surface area contributed by atoms with Crippen molar-refractivity contribution >= 4 is 5.97 Å². The maximum absolute atomic E-state index is 11.5. The zero-order chi connectivity index (χ0) is 20.3. The van der Waals surface area contributed by atoms with E-state index in [0.717, 1.165) is 38.5 Å². The average molecular weight is 393 g/mol. The molecule has 0 heterocycles. The first-order chi connectivity index (χ1) is 13.2. The van der Waals surface area contributed by atoms with Gasteiger partial charge in [0, 0.05) is 6.42 Å². The van der Waals surface area contributed by atoms with E-state index < -0.39 is 5.97 Å². The highest BCUT2D eigenvalue weighted by Gasteiger charge is 2.63. The van der Waals surface area contributed by atoms with Crippen molar-refractivity contribution in [2.45, 2.75) is 97.2 Å². The van der Waals surface area contributed by atoms with Gasteiger partial charge in [-0.1, -0.05) is 20.8 Å². The van der Waals surface area contributed by atoms with Gasteiger partial charge in [0.1, 0.15) is 0 Å². The molecule has 0 aromatic carbocycles. The Bertz CT molecular complexity index is 605. The van der Waals surface area contributed by atoms with Crippen LogP contribution < -0.4 is 0 Å². The molecule has 4 fully saturated rings. The minimum Gasteiger partial charge on any atom is -0.481 e. The number of rotatable bonds is 4. The first-order valence-electron chi connectivity index (χ1n) is 11.8. The van der Waals surface area contributed by atoms with E-state index in [1.165, 1.54) is 19.3 Å². The number of hydrogen-bond donors (Lipinski definition) is 3. The van der Waals surface area contributed by atoms with Crippen LogP contribution in [-0.4, -0.2) is 33.5 Å². The first kappa shape index (κ1) is 20.7. The number of aliphatic hydroxyl groups excluding tert-OH is 2. The van der Waals surface area contributed by atoms with Crippen LogP contribution in [0.3, 0.4) is 0 Å². The molecule has 0 aliphatic heterocycles. The standard InChI is InChI=1S/C24H40O4/c1-14(4-9-22(27)28)18-7-8-19-17-6-5-15-12-16(25)10-11-23(15,2)20(17)13-21(26)24(18,19)3/h14-21,25-26H,4-13H2,1-3H3,(H,27,28)/t14-,15-,16-,17+,18-,19+,20+,21-,23+,24-/m1/s1. The third-order valence-corrected chi connectivity index (χ3v) is 10.3. The van der Waals surface area contributed by atoms with Crippen molar-refractivity contribution in [2.24, 2.45) is 46.3 Å². The summed E-state index contributed by atoms with van der Waals surface area (Å²) >= 11 is 0. The molecule has 0 saturated heterocycles. The summed E-state index contributed by atoms with van der Waals surface area (Å²) in [6.07, 6.45) is 9.26. The summed E-state index contributed by atoms with van der Waals surface area (Å²) in [6, 6.07) is 0. The molecule has 10 atom stereocenters. The third kappa shape index (κ3) is 3.05. The van der Waals surface area contributed by atoms with E-state index in [4.69, 9.17) is 5.11 Å². The average Bonchev–Trinajstić information content (AvgIpc) is 3.00. The zero-order valence-electron chi connectivity index (χ0n) is 17.9. The summed E-state index contributed by atoms with van der Waals surface area (Å²) in [7, 11) is 0. The second kappa shape index (κ2) is 7.27. The van der Waals surface area contributed by atoms with Gasteiger partial charge in [-0.15, -0.1) is 0 Å². The maximum atomic E-state index is 11.5. The quantitative estimate of drug-likeness (QED) is 0.659. The fraction of sp³-hybridized carbons (Fsp3) is 0.958. The molecule has 4 rings (SSSR count). The van der Waals surface area contributed by atoms with Gasteiger partial charge in [-0.25, -0.2) is 0 Å². The Balaban J connectivity index is 1.56. The molecular formula is C24H40O4. The van der Waals surface area contributed by atoms with E-state index in [0.29, 0.717) is 35.5 Å². The van der Waals surface area contributed by atoms with Crippen LogP contribution in [0.1, 0.15) is 85.0 Å². The van der Waals surface area contributed by atoms with Crippen LogP contribution in [0, 0.1) is 46.3 Å². The molecule has 0 aromatic rings. The lowest BCUT2D eigenvalue weighted by Gasteiger charge is -2.62. The molecule has 160 valence electrons. The third-order valence-electron chi connectivity index (χ3n) is 10.3. The highest BCUT2D eigenvalue weighted by Crippen LogP contribution is 2.68. The zero-order valence-corrected chi connectivity index (χ0v) is 17.9. The summed E-state index contributed by atoms with van der Waals surface area (Å²) in [4.78, 5) is 11.1. The lowest BCUT2D eigenvalue weighted by molar-refractivity contribution is -0.175. The topological polar surface area (TPSA) is 77.8 Å². The van der Waals surface area contributed by atoms with E-state index in [2.05, 4.69) is 20.8 Å². The fourth-order valence-electron chi connectivity index (χ4n) is 8.71. The van der Waals surface area contributed by atoms with E-state index in [9.17, 15) is 15.0 Å². The molecule has 0 bridgehead atoms. The highest BCUT2D eigenvalue weighted by atomic mass is 16.4. The molecule has 4 heteroatoms. The van der Waals surface area contributed by atoms with Crippen LogP contribution in [0.25, 0.3) is 0 Å². The van der Waals surface area contributed by atoms with Gasteiger partial charge < -0.3 is 15.3 Å².